The first kappa shape index (κ1) is 20.7. The van der Waals surface area contributed by atoms with Crippen molar-refractivity contribution >= 4 is 8.60 Å². The highest BCUT2D eigenvalue weighted by Gasteiger charge is 2.27. The monoisotopic (exact) mass is 374 g/mol. The van der Waals surface area contributed by atoms with Crippen LogP contribution in [0.15, 0.2) is 48.5 Å². The van der Waals surface area contributed by atoms with Gasteiger partial charge < -0.3 is 13.9 Å². The first-order chi connectivity index (χ1) is 12.2. The van der Waals surface area contributed by atoms with Crippen LogP contribution in [-0.4, -0.2) is 4.89 Å². The molecule has 0 aromatic heterocycles. The van der Waals surface area contributed by atoms with E-state index in [1.165, 1.54) is 0 Å². The Morgan fingerprint density at radius 1 is 0.731 bits per heavy atom. The quantitative estimate of drug-likeness (QED) is 0.520. The fraction of sp³-hybridized carbons (Fsp3) is 0.455. The summed E-state index contributed by atoms with van der Waals surface area (Å²) in [6.07, 6.45) is 1.95. The summed E-state index contributed by atoms with van der Waals surface area (Å²) in [6.45, 7) is 13.0. The van der Waals surface area contributed by atoms with E-state index < -0.39 is 8.60 Å². The maximum atomic E-state index is 10.5. The van der Waals surface area contributed by atoms with Gasteiger partial charge in [-0.05, 0) is 35.8 Å². The molecule has 0 aliphatic carbocycles. The molecule has 0 aliphatic rings. The summed E-state index contributed by atoms with van der Waals surface area (Å²) in [5.41, 5.74) is 2.09. The van der Waals surface area contributed by atoms with Crippen molar-refractivity contribution in [1.82, 2.24) is 0 Å². The topological polar surface area (TPSA) is 38.7 Å². The molecule has 0 saturated carbocycles. The predicted octanol–water partition coefficient (Wildman–Crippen LogP) is 6.74. The van der Waals surface area contributed by atoms with Gasteiger partial charge in [-0.3, -0.25) is 0 Å². The molecule has 0 saturated heterocycles. The van der Waals surface area contributed by atoms with Gasteiger partial charge in [-0.1, -0.05) is 77.9 Å². The van der Waals surface area contributed by atoms with Gasteiger partial charge in [0.2, 0.25) is 0 Å². The summed E-state index contributed by atoms with van der Waals surface area (Å²) < 4.78 is 11.7. The number of rotatable bonds is 8. The molecule has 26 heavy (non-hydrogen) atoms. The zero-order valence-corrected chi connectivity index (χ0v) is 17.6. The molecule has 2 aromatic rings. The molecule has 4 heteroatoms. The lowest BCUT2D eigenvalue weighted by molar-refractivity contribution is 0.366. The molecule has 2 aromatic carbocycles. The summed E-state index contributed by atoms with van der Waals surface area (Å²) in [5.74, 6) is 1.36. The van der Waals surface area contributed by atoms with Crippen molar-refractivity contribution in [2.24, 2.45) is 0 Å². The van der Waals surface area contributed by atoms with Crippen LogP contribution in [0.1, 0.15) is 65.5 Å². The van der Waals surface area contributed by atoms with Crippen molar-refractivity contribution in [2.45, 2.75) is 65.2 Å². The van der Waals surface area contributed by atoms with E-state index in [0.29, 0.717) is 11.5 Å². The van der Waals surface area contributed by atoms with Crippen molar-refractivity contribution in [3.8, 4) is 11.5 Å². The molecule has 0 bridgehead atoms. The highest BCUT2D eigenvalue weighted by molar-refractivity contribution is 7.41. The fourth-order valence-corrected chi connectivity index (χ4v) is 3.47. The first-order valence-corrected chi connectivity index (χ1v) is 10.4. The number of benzene rings is 2. The first-order valence-electron chi connectivity index (χ1n) is 9.25. The Morgan fingerprint density at radius 2 is 1.08 bits per heavy atom. The summed E-state index contributed by atoms with van der Waals surface area (Å²) in [6, 6.07) is 15.7. The Kier molecular flexibility index (Phi) is 6.71. The van der Waals surface area contributed by atoms with Crippen molar-refractivity contribution in [3.63, 3.8) is 0 Å². The van der Waals surface area contributed by atoms with Gasteiger partial charge in [-0.25, -0.2) is 0 Å². The van der Waals surface area contributed by atoms with Gasteiger partial charge in [-0.2, -0.15) is 0 Å². The molecule has 0 atom stereocenters. The van der Waals surface area contributed by atoms with Crippen LogP contribution in [0.5, 0.6) is 11.5 Å². The lowest BCUT2D eigenvalue weighted by atomic mass is 9.82. The second-order valence-corrected chi connectivity index (χ2v) is 8.73. The van der Waals surface area contributed by atoms with E-state index in [-0.39, 0.29) is 10.8 Å². The minimum absolute atomic E-state index is 0.0329. The highest BCUT2D eigenvalue weighted by atomic mass is 31.2. The van der Waals surface area contributed by atoms with Crippen LogP contribution in [0, 0.1) is 0 Å². The molecule has 1 N–H and O–H groups in total. The SMILES string of the molecule is CCC(C)(C)c1ccccc1OP(O)Oc1ccccc1C(C)(C)CC. The van der Waals surface area contributed by atoms with Crippen LogP contribution in [-0.2, 0) is 10.8 Å². The number of para-hydroxylation sites is 2. The summed E-state index contributed by atoms with van der Waals surface area (Å²) in [5, 5.41) is 0. The van der Waals surface area contributed by atoms with Crippen LogP contribution >= 0.6 is 8.60 Å². The van der Waals surface area contributed by atoms with Crippen molar-refractivity contribution in [1.29, 1.82) is 0 Å². The van der Waals surface area contributed by atoms with E-state index in [9.17, 15) is 4.89 Å². The van der Waals surface area contributed by atoms with Crippen molar-refractivity contribution < 1.29 is 13.9 Å². The van der Waals surface area contributed by atoms with Gasteiger partial charge in [0.15, 0.2) is 0 Å². The predicted molar refractivity (Wildman–Crippen MR) is 110 cm³/mol. The van der Waals surface area contributed by atoms with E-state index in [4.69, 9.17) is 9.05 Å². The van der Waals surface area contributed by atoms with Gasteiger partial charge in [0.25, 0.3) is 0 Å². The Balaban J connectivity index is 2.23. The molecule has 0 heterocycles. The molecule has 142 valence electrons. The molecular weight excluding hydrogens is 343 g/mol. The van der Waals surface area contributed by atoms with Crippen LogP contribution in [0.25, 0.3) is 0 Å². The van der Waals surface area contributed by atoms with Gasteiger partial charge in [-0.15, -0.1) is 0 Å². The smallest absolute Gasteiger partial charge is 0.418 e. The van der Waals surface area contributed by atoms with Gasteiger partial charge in [0, 0.05) is 11.1 Å². The molecule has 0 spiro atoms. The second-order valence-electron chi connectivity index (χ2n) is 7.89. The van der Waals surface area contributed by atoms with Crippen LogP contribution < -0.4 is 9.05 Å². The second kappa shape index (κ2) is 8.41. The Hall–Kier alpha value is -1.57. The zero-order valence-electron chi connectivity index (χ0n) is 16.7. The average Bonchev–Trinajstić information content (AvgIpc) is 2.62. The maximum Gasteiger partial charge on any atom is 0.460 e. The number of hydrogen-bond acceptors (Lipinski definition) is 3. The van der Waals surface area contributed by atoms with Crippen molar-refractivity contribution in [3.05, 3.63) is 59.7 Å². The average molecular weight is 374 g/mol. The molecule has 0 fully saturated rings. The third-order valence-electron chi connectivity index (χ3n) is 5.35. The van der Waals surface area contributed by atoms with E-state index in [2.05, 4.69) is 53.7 Å². The minimum atomic E-state index is -2.07. The fourth-order valence-electron chi connectivity index (χ4n) is 2.78. The van der Waals surface area contributed by atoms with Gasteiger partial charge in [0.05, 0.1) is 0 Å². The molecule has 0 amide bonds. The lowest BCUT2D eigenvalue weighted by Gasteiger charge is -2.28. The highest BCUT2D eigenvalue weighted by Crippen LogP contribution is 2.44. The summed E-state index contributed by atoms with van der Waals surface area (Å²) in [4.78, 5) is 10.5. The number of hydrogen-bond donors (Lipinski definition) is 1. The largest absolute Gasteiger partial charge is 0.460 e. The third kappa shape index (κ3) is 4.78. The zero-order chi connectivity index (χ0) is 19.4. The standard InChI is InChI=1S/C22H31O3P/c1-7-21(3,4)17-13-9-11-15-19(17)24-26(23)25-20-16-12-10-14-18(20)22(5,6)8-2/h9-16,23H,7-8H2,1-6H3. The molecule has 0 unspecified atom stereocenters. The molecular formula is C22H31O3P. The normalized spacial score (nSPS) is 12.3. The van der Waals surface area contributed by atoms with Gasteiger partial charge in [0.1, 0.15) is 11.5 Å². The van der Waals surface area contributed by atoms with Crippen LogP contribution in [0.2, 0.25) is 0 Å². The lowest BCUT2D eigenvalue weighted by Crippen LogP contribution is -2.17. The van der Waals surface area contributed by atoms with Crippen molar-refractivity contribution in [2.75, 3.05) is 0 Å². The Labute approximate surface area is 159 Å². The van der Waals surface area contributed by atoms with E-state index in [1.54, 1.807) is 0 Å². The van der Waals surface area contributed by atoms with E-state index in [0.717, 1.165) is 24.0 Å². The molecule has 3 nitrogen and oxygen atoms in total. The molecule has 0 radical (unpaired) electrons. The Morgan fingerprint density at radius 3 is 1.42 bits per heavy atom. The molecule has 2 rings (SSSR count). The third-order valence-corrected chi connectivity index (χ3v) is 6.06. The van der Waals surface area contributed by atoms with Crippen LogP contribution in [0.3, 0.4) is 0 Å². The maximum absolute atomic E-state index is 10.5. The van der Waals surface area contributed by atoms with Crippen LogP contribution in [0.4, 0.5) is 0 Å². The van der Waals surface area contributed by atoms with E-state index in [1.807, 2.05) is 36.4 Å². The summed E-state index contributed by atoms with van der Waals surface area (Å²) in [7, 11) is -2.07. The Bertz CT molecular complexity index is 663. The minimum Gasteiger partial charge on any atom is -0.418 e. The summed E-state index contributed by atoms with van der Waals surface area (Å²) >= 11 is 0. The van der Waals surface area contributed by atoms with E-state index >= 15 is 0 Å². The molecule has 0 aliphatic heterocycles. The van der Waals surface area contributed by atoms with Gasteiger partial charge >= 0.3 is 8.60 Å².